The van der Waals surface area contributed by atoms with Crippen LogP contribution in [-0.4, -0.2) is 18.1 Å². The fourth-order valence-electron chi connectivity index (χ4n) is 1.94. The Morgan fingerprint density at radius 1 is 1.28 bits per heavy atom. The van der Waals surface area contributed by atoms with Crippen molar-refractivity contribution in [3.05, 3.63) is 41.9 Å². The summed E-state index contributed by atoms with van der Waals surface area (Å²) in [6.45, 7) is 6.22. The molecule has 3 heteroatoms. The predicted octanol–water partition coefficient (Wildman–Crippen LogP) is 3.19. The molecule has 0 radical (unpaired) electrons. The van der Waals surface area contributed by atoms with E-state index < -0.39 is 0 Å². The highest BCUT2D eigenvalue weighted by Crippen LogP contribution is 2.23. The Kier molecular flexibility index (Phi) is 4.53. The van der Waals surface area contributed by atoms with Crippen molar-refractivity contribution >= 4 is 0 Å². The minimum atomic E-state index is 0.825. The number of hydrogen-bond acceptors (Lipinski definition) is 3. The molecule has 0 aliphatic heterocycles. The average molecular weight is 244 g/mol. The maximum atomic E-state index is 5.79. The van der Waals surface area contributed by atoms with Gasteiger partial charge in [-0.15, -0.1) is 0 Å². The highest BCUT2D eigenvalue weighted by Gasteiger charge is 2.07. The summed E-state index contributed by atoms with van der Waals surface area (Å²) in [6, 6.07) is 8.21. The van der Waals surface area contributed by atoms with Gasteiger partial charge in [0.25, 0.3) is 0 Å². The van der Waals surface area contributed by atoms with Gasteiger partial charge in [0.05, 0.1) is 6.20 Å². The number of nitrogens with zero attached hydrogens (tertiary/aromatic N) is 1. The standard InChI is InChI=1S/C15H20N2O/c1-3-16-10-6-9-15-17-11-14(18-15)13-8-5-4-7-12(13)2/h4-5,7-8,11,16H,3,6,9-10H2,1-2H3. The summed E-state index contributed by atoms with van der Waals surface area (Å²) in [7, 11) is 0. The summed E-state index contributed by atoms with van der Waals surface area (Å²) in [5.74, 6) is 1.69. The smallest absolute Gasteiger partial charge is 0.194 e. The van der Waals surface area contributed by atoms with Crippen LogP contribution in [0.1, 0.15) is 24.8 Å². The molecule has 1 N–H and O–H groups in total. The predicted molar refractivity (Wildman–Crippen MR) is 73.5 cm³/mol. The topological polar surface area (TPSA) is 38.1 Å². The lowest BCUT2D eigenvalue weighted by molar-refractivity contribution is 0.493. The summed E-state index contributed by atoms with van der Waals surface area (Å²) >= 11 is 0. The Hall–Kier alpha value is -1.61. The van der Waals surface area contributed by atoms with E-state index in [4.69, 9.17) is 4.42 Å². The molecule has 0 aliphatic rings. The van der Waals surface area contributed by atoms with Crippen molar-refractivity contribution in [2.24, 2.45) is 0 Å². The monoisotopic (exact) mass is 244 g/mol. The third-order valence-corrected chi connectivity index (χ3v) is 2.96. The van der Waals surface area contributed by atoms with E-state index in [-0.39, 0.29) is 0 Å². The van der Waals surface area contributed by atoms with Gasteiger partial charge in [-0.1, -0.05) is 31.2 Å². The maximum absolute atomic E-state index is 5.79. The Morgan fingerprint density at radius 3 is 2.89 bits per heavy atom. The molecule has 0 fully saturated rings. The lowest BCUT2D eigenvalue weighted by atomic mass is 10.1. The van der Waals surface area contributed by atoms with Gasteiger partial charge in [0, 0.05) is 12.0 Å². The van der Waals surface area contributed by atoms with E-state index in [9.17, 15) is 0 Å². The van der Waals surface area contributed by atoms with Gasteiger partial charge >= 0.3 is 0 Å². The third-order valence-electron chi connectivity index (χ3n) is 2.96. The number of oxazole rings is 1. The molecule has 0 atom stereocenters. The molecule has 1 aromatic carbocycles. The van der Waals surface area contributed by atoms with Gasteiger partial charge in [0.2, 0.25) is 0 Å². The summed E-state index contributed by atoms with van der Waals surface area (Å²) < 4.78 is 5.79. The number of nitrogens with one attached hydrogen (secondary N) is 1. The van der Waals surface area contributed by atoms with Gasteiger partial charge in [-0.2, -0.15) is 0 Å². The van der Waals surface area contributed by atoms with Crippen LogP contribution in [0.4, 0.5) is 0 Å². The zero-order valence-corrected chi connectivity index (χ0v) is 11.1. The molecule has 1 heterocycles. The Balaban J connectivity index is 2.00. The van der Waals surface area contributed by atoms with Crippen LogP contribution in [0.5, 0.6) is 0 Å². The molecule has 2 rings (SSSR count). The SMILES string of the molecule is CCNCCCc1ncc(-c2ccccc2C)o1. The second kappa shape index (κ2) is 6.36. The molecule has 96 valence electrons. The second-order valence-electron chi connectivity index (χ2n) is 4.39. The summed E-state index contributed by atoms with van der Waals surface area (Å²) in [5, 5.41) is 3.30. The first-order chi connectivity index (χ1) is 8.81. The van der Waals surface area contributed by atoms with Crippen molar-refractivity contribution < 1.29 is 4.42 Å². The molecule has 3 nitrogen and oxygen atoms in total. The summed E-state index contributed by atoms with van der Waals surface area (Å²) in [4.78, 5) is 4.34. The van der Waals surface area contributed by atoms with Crippen LogP contribution < -0.4 is 5.32 Å². The fourth-order valence-corrected chi connectivity index (χ4v) is 1.94. The third kappa shape index (κ3) is 3.20. The van der Waals surface area contributed by atoms with Crippen molar-refractivity contribution in [1.29, 1.82) is 0 Å². The van der Waals surface area contributed by atoms with Crippen molar-refractivity contribution in [1.82, 2.24) is 10.3 Å². The van der Waals surface area contributed by atoms with E-state index >= 15 is 0 Å². The van der Waals surface area contributed by atoms with E-state index in [0.29, 0.717) is 0 Å². The first kappa shape index (κ1) is 12.8. The molecule has 0 bridgehead atoms. The number of rotatable bonds is 6. The fraction of sp³-hybridized carbons (Fsp3) is 0.400. The Labute approximate surface area is 108 Å². The average Bonchev–Trinajstić information content (AvgIpc) is 2.84. The molecule has 18 heavy (non-hydrogen) atoms. The Morgan fingerprint density at radius 2 is 2.11 bits per heavy atom. The minimum Gasteiger partial charge on any atom is -0.441 e. The second-order valence-corrected chi connectivity index (χ2v) is 4.39. The van der Waals surface area contributed by atoms with Crippen LogP contribution >= 0.6 is 0 Å². The molecule has 0 saturated carbocycles. The number of benzene rings is 1. The van der Waals surface area contributed by atoms with Gasteiger partial charge in [-0.05, 0) is 32.0 Å². The van der Waals surface area contributed by atoms with Crippen LogP contribution in [0.15, 0.2) is 34.9 Å². The van der Waals surface area contributed by atoms with E-state index in [2.05, 4.69) is 36.3 Å². The quantitative estimate of drug-likeness (QED) is 0.793. The molecule has 0 saturated heterocycles. The first-order valence-corrected chi connectivity index (χ1v) is 6.52. The summed E-state index contributed by atoms with van der Waals surface area (Å²) in [6.07, 6.45) is 3.77. The normalized spacial score (nSPS) is 10.8. The van der Waals surface area contributed by atoms with Crippen LogP contribution in [0, 0.1) is 6.92 Å². The first-order valence-electron chi connectivity index (χ1n) is 6.52. The molecule has 0 spiro atoms. The zero-order valence-electron chi connectivity index (χ0n) is 11.1. The van der Waals surface area contributed by atoms with Crippen molar-refractivity contribution in [3.63, 3.8) is 0 Å². The number of aryl methyl sites for hydroxylation is 2. The lowest BCUT2D eigenvalue weighted by Crippen LogP contribution is -2.14. The summed E-state index contributed by atoms with van der Waals surface area (Å²) in [5.41, 5.74) is 2.34. The van der Waals surface area contributed by atoms with Gasteiger partial charge in [-0.25, -0.2) is 4.98 Å². The van der Waals surface area contributed by atoms with Crippen molar-refractivity contribution in [2.45, 2.75) is 26.7 Å². The molecule has 0 aliphatic carbocycles. The van der Waals surface area contributed by atoms with Gasteiger partial charge in [-0.3, -0.25) is 0 Å². The van der Waals surface area contributed by atoms with Gasteiger partial charge in [0.1, 0.15) is 0 Å². The zero-order chi connectivity index (χ0) is 12.8. The highest BCUT2D eigenvalue weighted by molar-refractivity contribution is 5.60. The largest absolute Gasteiger partial charge is 0.441 e. The number of hydrogen-bond donors (Lipinski definition) is 1. The highest BCUT2D eigenvalue weighted by atomic mass is 16.4. The van der Waals surface area contributed by atoms with E-state index in [1.54, 1.807) is 0 Å². The van der Waals surface area contributed by atoms with Gasteiger partial charge in [0.15, 0.2) is 11.7 Å². The molecular formula is C15H20N2O. The van der Waals surface area contributed by atoms with Crippen LogP contribution in [0.3, 0.4) is 0 Å². The van der Waals surface area contributed by atoms with Crippen LogP contribution in [-0.2, 0) is 6.42 Å². The van der Waals surface area contributed by atoms with E-state index in [1.165, 1.54) is 5.56 Å². The van der Waals surface area contributed by atoms with Gasteiger partial charge < -0.3 is 9.73 Å². The minimum absolute atomic E-state index is 0.825. The molecular weight excluding hydrogens is 224 g/mol. The van der Waals surface area contributed by atoms with Crippen molar-refractivity contribution in [3.8, 4) is 11.3 Å². The lowest BCUT2D eigenvalue weighted by Gasteiger charge is -2.01. The van der Waals surface area contributed by atoms with E-state index in [0.717, 1.165) is 43.1 Å². The van der Waals surface area contributed by atoms with Crippen LogP contribution in [0.2, 0.25) is 0 Å². The molecule has 1 aromatic heterocycles. The Bertz CT molecular complexity index is 491. The van der Waals surface area contributed by atoms with E-state index in [1.807, 2.05) is 18.3 Å². The molecule has 2 aromatic rings. The van der Waals surface area contributed by atoms with Crippen molar-refractivity contribution in [2.75, 3.05) is 13.1 Å². The molecule has 0 unspecified atom stereocenters. The molecule has 0 amide bonds. The maximum Gasteiger partial charge on any atom is 0.194 e. The van der Waals surface area contributed by atoms with Crippen LogP contribution in [0.25, 0.3) is 11.3 Å². The number of aromatic nitrogens is 1.